The second kappa shape index (κ2) is 6.67. The Morgan fingerprint density at radius 2 is 2.00 bits per heavy atom. The lowest BCUT2D eigenvalue weighted by Gasteiger charge is -2.25. The monoisotopic (exact) mass is 424 g/mol. The molecular weight excluding hydrogens is 408 g/mol. The molecule has 1 atom stereocenters. The topological polar surface area (TPSA) is 56.4 Å². The number of aryl methyl sites for hydroxylation is 1. The molecule has 0 bridgehead atoms. The van der Waals surface area contributed by atoms with Gasteiger partial charge in [-0.3, -0.25) is 0 Å². The summed E-state index contributed by atoms with van der Waals surface area (Å²) in [5, 5.41) is 10.7. The molecular formula is C21H17BrN2O3. The molecule has 1 aliphatic heterocycles. The van der Waals surface area contributed by atoms with Gasteiger partial charge in [-0.25, -0.2) is 0 Å². The number of methoxy groups -OCH3 is 2. The smallest absolute Gasteiger partial charge is 0.174 e. The number of halogens is 1. The summed E-state index contributed by atoms with van der Waals surface area (Å²) in [6.45, 7) is 0. The molecule has 27 heavy (non-hydrogen) atoms. The Balaban J connectivity index is 1.96. The second-order valence-electron chi connectivity index (χ2n) is 6.32. The average molecular weight is 425 g/mol. The van der Waals surface area contributed by atoms with Crippen LogP contribution in [0.25, 0.3) is 10.9 Å². The van der Waals surface area contributed by atoms with E-state index in [1.54, 1.807) is 20.5 Å². The number of ether oxygens (including phenoxy) is 3. The lowest BCUT2D eigenvalue weighted by molar-refractivity contribution is 0.352. The van der Waals surface area contributed by atoms with Crippen LogP contribution >= 0.6 is 15.9 Å². The van der Waals surface area contributed by atoms with Gasteiger partial charge in [-0.05, 0) is 45.8 Å². The van der Waals surface area contributed by atoms with Crippen molar-refractivity contribution < 1.29 is 14.2 Å². The van der Waals surface area contributed by atoms with Crippen LogP contribution in [0.2, 0.25) is 0 Å². The molecule has 6 heteroatoms. The molecule has 0 amide bonds. The fraction of sp³-hybridized carbons (Fsp3) is 0.190. The van der Waals surface area contributed by atoms with Crippen LogP contribution in [0.1, 0.15) is 17.0 Å². The molecule has 1 aromatic heterocycles. The Labute approximate surface area is 165 Å². The van der Waals surface area contributed by atoms with E-state index in [9.17, 15) is 5.26 Å². The third-order valence-electron chi connectivity index (χ3n) is 4.89. The number of aromatic nitrogens is 1. The molecule has 3 aromatic rings. The highest BCUT2D eigenvalue weighted by Crippen LogP contribution is 2.47. The molecule has 0 saturated carbocycles. The molecule has 0 spiro atoms. The Hall–Kier alpha value is -2.91. The van der Waals surface area contributed by atoms with Crippen LogP contribution in [0.15, 0.2) is 52.8 Å². The molecule has 4 rings (SSSR count). The van der Waals surface area contributed by atoms with Gasteiger partial charge in [0.25, 0.3) is 0 Å². The summed E-state index contributed by atoms with van der Waals surface area (Å²) in [6, 6.07) is 12.3. The quantitative estimate of drug-likeness (QED) is 0.600. The largest absolute Gasteiger partial charge is 0.493 e. The number of benzene rings is 2. The highest BCUT2D eigenvalue weighted by Gasteiger charge is 2.30. The predicted molar refractivity (Wildman–Crippen MR) is 106 cm³/mol. The summed E-state index contributed by atoms with van der Waals surface area (Å²) in [5.74, 6) is 1.75. The van der Waals surface area contributed by atoms with Gasteiger partial charge in [0.2, 0.25) is 0 Å². The van der Waals surface area contributed by atoms with Gasteiger partial charge in [-0.2, -0.15) is 5.26 Å². The van der Waals surface area contributed by atoms with Gasteiger partial charge in [0.05, 0.1) is 41.8 Å². The molecule has 0 radical (unpaired) electrons. The summed E-state index contributed by atoms with van der Waals surface area (Å²) in [5.41, 5.74) is 3.49. The van der Waals surface area contributed by atoms with E-state index in [1.165, 1.54) is 0 Å². The maximum atomic E-state index is 9.69. The maximum absolute atomic E-state index is 9.69. The first-order valence-corrected chi connectivity index (χ1v) is 9.14. The van der Waals surface area contributed by atoms with E-state index in [4.69, 9.17) is 14.2 Å². The SMILES string of the molecule is COc1cc(C2C(C#N)=COc3c2ccc2c3ccn2C)cc(Br)c1OC. The van der Waals surface area contributed by atoms with Gasteiger partial charge < -0.3 is 18.8 Å². The minimum Gasteiger partial charge on any atom is -0.493 e. The lowest BCUT2D eigenvalue weighted by Crippen LogP contribution is -2.12. The van der Waals surface area contributed by atoms with Crippen molar-refractivity contribution >= 4 is 26.8 Å². The fourth-order valence-electron chi connectivity index (χ4n) is 3.61. The van der Waals surface area contributed by atoms with Crippen molar-refractivity contribution in [3.8, 4) is 23.3 Å². The van der Waals surface area contributed by atoms with Crippen LogP contribution in [0.4, 0.5) is 0 Å². The molecule has 2 heterocycles. The first-order valence-electron chi connectivity index (χ1n) is 8.35. The number of hydrogen-bond acceptors (Lipinski definition) is 4. The molecule has 0 aliphatic carbocycles. The number of nitriles is 1. The average Bonchev–Trinajstić information content (AvgIpc) is 3.07. The van der Waals surface area contributed by atoms with Crippen molar-refractivity contribution in [3.05, 3.63) is 64.0 Å². The van der Waals surface area contributed by atoms with E-state index in [2.05, 4.69) is 28.1 Å². The first-order chi connectivity index (χ1) is 13.1. The van der Waals surface area contributed by atoms with Crippen molar-refractivity contribution in [2.24, 2.45) is 7.05 Å². The maximum Gasteiger partial charge on any atom is 0.174 e. The zero-order valence-electron chi connectivity index (χ0n) is 15.1. The molecule has 0 saturated heterocycles. The van der Waals surface area contributed by atoms with E-state index >= 15 is 0 Å². The van der Waals surface area contributed by atoms with Crippen LogP contribution in [0.3, 0.4) is 0 Å². The van der Waals surface area contributed by atoms with Gasteiger partial charge in [0, 0.05) is 24.2 Å². The first kappa shape index (κ1) is 17.5. The molecule has 5 nitrogen and oxygen atoms in total. The van der Waals surface area contributed by atoms with Crippen molar-refractivity contribution in [1.29, 1.82) is 5.26 Å². The van der Waals surface area contributed by atoms with E-state index in [0.717, 1.165) is 32.3 Å². The van der Waals surface area contributed by atoms with Crippen molar-refractivity contribution in [1.82, 2.24) is 4.57 Å². The van der Waals surface area contributed by atoms with E-state index in [-0.39, 0.29) is 5.92 Å². The van der Waals surface area contributed by atoms with Gasteiger partial charge in [0.1, 0.15) is 12.0 Å². The minimum absolute atomic E-state index is 0.250. The predicted octanol–water partition coefficient (Wildman–Crippen LogP) is 4.89. The number of rotatable bonds is 3. The highest BCUT2D eigenvalue weighted by atomic mass is 79.9. The van der Waals surface area contributed by atoms with Crippen molar-refractivity contribution in [2.45, 2.75) is 5.92 Å². The van der Waals surface area contributed by atoms with Gasteiger partial charge in [-0.15, -0.1) is 0 Å². The standard InChI is InChI=1S/C21H17BrN2O3/c1-24-7-6-14-17(24)5-4-15-19(13(10-23)11-27-20(14)15)12-8-16(22)21(26-3)18(9-12)25-2/h4-9,11,19H,1-3H3. The van der Waals surface area contributed by atoms with Crippen molar-refractivity contribution in [3.63, 3.8) is 0 Å². The number of hydrogen-bond donors (Lipinski definition) is 0. The highest BCUT2D eigenvalue weighted by molar-refractivity contribution is 9.10. The second-order valence-corrected chi connectivity index (χ2v) is 7.17. The molecule has 0 fully saturated rings. The van der Waals surface area contributed by atoms with Crippen LogP contribution < -0.4 is 14.2 Å². The van der Waals surface area contributed by atoms with Gasteiger partial charge in [0.15, 0.2) is 11.5 Å². The van der Waals surface area contributed by atoms with E-state index < -0.39 is 0 Å². The third kappa shape index (κ3) is 2.66. The molecule has 2 aromatic carbocycles. The van der Waals surface area contributed by atoms with E-state index in [0.29, 0.717) is 17.1 Å². The summed E-state index contributed by atoms with van der Waals surface area (Å²) in [6.07, 6.45) is 3.55. The van der Waals surface area contributed by atoms with Crippen LogP contribution in [0, 0.1) is 11.3 Å². The van der Waals surface area contributed by atoms with Crippen molar-refractivity contribution in [2.75, 3.05) is 14.2 Å². The molecule has 0 N–H and O–H groups in total. The number of allylic oxidation sites excluding steroid dienone is 1. The van der Waals surface area contributed by atoms with Crippen LogP contribution in [-0.2, 0) is 7.05 Å². The summed E-state index contributed by atoms with van der Waals surface area (Å²) < 4.78 is 19.6. The number of nitrogens with zero attached hydrogens (tertiary/aromatic N) is 2. The van der Waals surface area contributed by atoms with Crippen LogP contribution in [-0.4, -0.2) is 18.8 Å². The van der Waals surface area contributed by atoms with E-state index in [1.807, 2.05) is 42.1 Å². The van der Waals surface area contributed by atoms with Gasteiger partial charge in [-0.1, -0.05) is 6.07 Å². The Bertz CT molecular complexity index is 1120. The summed E-state index contributed by atoms with van der Waals surface area (Å²) in [4.78, 5) is 0. The van der Waals surface area contributed by atoms with Crippen LogP contribution in [0.5, 0.6) is 17.2 Å². The molecule has 1 aliphatic rings. The zero-order chi connectivity index (χ0) is 19.1. The summed E-state index contributed by atoms with van der Waals surface area (Å²) in [7, 11) is 5.19. The normalized spacial score (nSPS) is 15.5. The lowest BCUT2D eigenvalue weighted by atomic mass is 9.83. The Morgan fingerprint density at radius 3 is 2.70 bits per heavy atom. The summed E-state index contributed by atoms with van der Waals surface area (Å²) >= 11 is 3.55. The fourth-order valence-corrected chi connectivity index (χ4v) is 4.23. The number of fused-ring (bicyclic) bond motifs is 3. The molecule has 136 valence electrons. The minimum atomic E-state index is -0.250. The van der Waals surface area contributed by atoms with Gasteiger partial charge >= 0.3 is 0 Å². The zero-order valence-corrected chi connectivity index (χ0v) is 16.7. The third-order valence-corrected chi connectivity index (χ3v) is 5.48. The Morgan fingerprint density at radius 1 is 1.19 bits per heavy atom. The Kier molecular flexibility index (Phi) is 4.33. The molecule has 1 unspecified atom stereocenters.